The molecule has 1 aromatic rings. The van der Waals surface area contributed by atoms with Crippen LogP contribution in [0.15, 0.2) is 18.3 Å². The number of hydrogen-bond acceptors (Lipinski definition) is 2. The summed E-state index contributed by atoms with van der Waals surface area (Å²) in [7, 11) is 0. The first-order valence-electron chi connectivity index (χ1n) is 4.73. The Hall–Kier alpha value is -1.09. The fourth-order valence-electron chi connectivity index (χ4n) is 1.40. The second-order valence-electron chi connectivity index (χ2n) is 4.66. The number of carbonyl (C=O) groups is 1. The molecule has 3 nitrogen and oxygen atoms in total. The minimum absolute atomic E-state index is 0.128. The monoisotopic (exact) mass is 195 g/mol. The predicted octanol–water partition coefficient (Wildman–Crippen LogP) is 1.71. The third-order valence-corrected chi connectivity index (χ3v) is 1.90. The molecule has 0 bridgehead atoms. The van der Waals surface area contributed by atoms with Crippen molar-refractivity contribution in [2.24, 2.45) is 5.41 Å². The lowest BCUT2D eigenvalue weighted by molar-refractivity contribution is 0.0892. The summed E-state index contributed by atoms with van der Waals surface area (Å²) in [6, 6.07) is 3.57. The van der Waals surface area contributed by atoms with Crippen molar-refractivity contribution in [2.45, 2.75) is 27.3 Å². The normalized spacial score (nSPS) is 11.7. The smallest absolute Gasteiger partial charge is 0.204 e. The molecule has 1 N–H and O–H groups in total. The van der Waals surface area contributed by atoms with Crippen molar-refractivity contribution < 1.29 is 9.90 Å². The minimum Gasteiger partial charge on any atom is -0.388 e. The summed E-state index contributed by atoms with van der Waals surface area (Å²) in [4.78, 5) is 11.3. The van der Waals surface area contributed by atoms with E-state index < -0.39 is 6.61 Å². The molecule has 0 amide bonds. The summed E-state index contributed by atoms with van der Waals surface area (Å²) in [5, 5.41) is 8.77. The Morgan fingerprint density at radius 1 is 1.50 bits per heavy atom. The SMILES string of the molecule is CC(C)(C)Cn1cccc1C(=O)CO. The maximum absolute atomic E-state index is 11.3. The van der Waals surface area contributed by atoms with Gasteiger partial charge in [0, 0.05) is 12.7 Å². The van der Waals surface area contributed by atoms with Crippen LogP contribution in [0.2, 0.25) is 0 Å². The number of Topliss-reactive ketones (excluding diaryl/α,β-unsaturated/α-hetero) is 1. The quantitative estimate of drug-likeness (QED) is 0.746. The molecule has 0 radical (unpaired) electrons. The van der Waals surface area contributed by atoms with Crippen LogP contribution in [0.4, 0.5) is 0 Å². The number of carbonyl (C=O) groups excluding carboxylic acids is 1. The van der Waals surface area contributed by atoms with Gasteiger partial charge in [-0.3, -0.25) is 4.79 Å². The first-order valence-corrected chi connectivity index (χ1v) is 4.73. The molecule has 0 saturated carbocycles. The summed E-state index contributed by atoms with van der Waals surface area (Å²) >= 11 is 0. The van der Waals surface area contributed by atoms with E-state index in [0.717, 1.165) is 6.54 Å². The van der Waals surface area contributed by atoms with E-state index in [-0.39, 0.29) is 11.2 Å². The Morgan fingerprint density at radius 2 is 2.14 bits per heavy atom. The predicted molar refractivity (Wildman–Crippen MR) is 55.3 cm³/mol. The highest BCUT2D eigenvalue weighted by atomic mass is 16.3. The fourth-order valence-corrected chi connectivity index (χ4v) is 1.40. The maximum atomic E-state index is 11.3. The molecule has 1 heterocycles. The van der Waals surface area contributed by atoms with Gasteiger partial charge < -0.3 is 9.67 Å². The molecule has 0 spiro atoms. The van der Waals surface area contributed by atoms with Crippen LogP contribution in [-0.2, 0) is 6.54 Å². The molecule has 1 aromatic heterocycles. The number of aromatic nitrogens is 1. The molecule has 0 unspecified atom stereocenters. The van der Waals surface area contributed by atoms with Crippen LogP contribution in [-0.4, -0.2) is 22.1 Å². The molecule has 0 saturated heterocycles. The number of aliphatic hydroxyl groups is 1. The average molecular weight is 195 g/mol. The second-order valence-corrected chi connectivity index (χ2v) is 4.66. The van der Waals surface area contributed by atoms with Crippen LogP contribution < -0.4 is 0 Å². The Labute approximate surface area is 84.4 Å². The van der Waals surface area contributed by atoms with Gasteiger partial charge in [-0.25, -0.2) is 0 Å². The zero-order valence-corrected chi connectivity index (χ0v) is 8.95. The van der Waals surface area contributed by atoms with Crippen LogP contribution in [0.3, 0.4) is 0 Å². The van der Waals surface area contributed by atoms with Gasteiger partial charge >= 0.3 is 0 Å². The Bertz CT molecular complexity index is 320. The van der Waals surface area contributed by atoms with Crippen LogP contribution in [0.25, 0.3) is 0 Å². The maximum Gasteiger partial charge on any atom is 0.204 e. The van der Waals surface area contributed by atoms with Gasteiger partial charge in [-0.05, 0) is 17.5 Å². The van der Waals surface area contributed by atoms with Crippen LogP contribution in [0.5, 0.6) is 0 Å². The van der Waals surface area contributed by atoms with Crippen molar-refractivity contribution in [3.63, 3.8) is 0 Å². The second kappa shape index (κ2) is 3.96. The van der Waals surface area contributed by atoms with E-state index >= 15 is 0 Å². The van der Waals surface area contributed by atoms with Gasteiger partial charge in [0.1, 0.15) is 6.61 Å². The number of aliphatic hydroxyl groups excluding tert-OH is 1. The average Bonchev–Trinajstić information content (AvgIpc) is 2.48. The third kappa shape index (κ3) is 2.70. The number of hydrogen-bond donors (Lipinski definition) is 1. The Balaban J connectivity index is 2.88. The first-order chi connectivity index (χ1) is 6.44. The van der Waals surface area contributed by atoms with E-state index in [0.29, 0.717) is 5.69 Å². The standard InChI is InChI=1S/C11H17NO2/c1-11(2,3)8-12-6-4-5-9(12)10(14)7-13/h4-6,13H,7-8H2,1-3H3. The van der Waals surface area contributed by atoms with Crippen LogP contribution in [0.1, 0.15) is 31.3 Å². The van der Waals surface area contributed by atoms with Crippen molar-refractivity contribution in [3.8, 4) is 0 Å². The lowest BCUT2D eigenvalue weighted by Gasteiger charge is -2.20. The number of nitrogens with zero attached hydrogens (tertiary/aromatic N) is 1. The van der Waals surface area contributed by atoms with Crippen LogP contribution in [0, 0.1) is 5.41 Å². The molecule has 0 atom stereocenters. The molecule has 78 valence electrons. The van der Waals surface area contributed by atoms with E-state index in [1.807, 2.05) is 16.8 Å². The zero-order chi connectivity index (χ0) is 10.8. The summed E-state index contributed by atoms with van der Waals surface area (Å²) in [6.45, 7) is 6.69. The zero-order valence-electron chi connectivity index (χ0n) is 8.95. The number of ketones is 1. The van der Waals surface area contributed by atoms with Crippen molar-refractivity contribution in [1.29, 1.82) is 0 Å². The topological polar surface area (TPSA) is 42.2 Å². The molecule has 14 heavy (non-hydrogen) atoms. The highest BCUT2D eigenvalue weighted by Gasteiger charge is 2.15. The number of rotatable bonds is 3. The fraction of sp³-hybridized carbons (Fsp3) is 0.545. The summed E-state index contributed by atoms with van der Waals surface area (Å²) < 4.78 is 1.89. The molecule has 0 aliphatic heterocycles. The largest absolute Gasteiger partial charge is 0.388 e. The molecular weight excluding hydrogens is 178 g/mol. The highest BCUT2D eigenvalue weighted by Crippen LogP contribution is 2.18. The van der Waals surface area contributed by atoms with E-state index in [4.69, 9.17) is 5.11 Å². The van der Waals surface area contributed by atoms with Gasteiger partial charge in [0.05, 0.1) is 5.69 Å². The Morgan fingerprint density at radius 3 is 2.64 bits per heavy atom. The van der Waals surface area contributed by atoms with Gasteiger partial charge in [0.2, 0.25) is 5.78 Å². The van der Waals surface area contributed by atoms with Gasteiger partial charge in [0.15, 0.2) is 0 Å². The van der Waals surface area contributed by atoms with E-state index in [1.165, 1.54) is 0 Å². The van der Waals surface area contributed by atoms with Crippen LogP contribution >= 0.6 is 0 Å². The summed E-state index contributed by atoms with van der Waals surface area (Å²) in [6.07, 6.45) is 1.87. The molecule has 0 aliphatic rings. The van der Waals surface area contributed by atoms with E-state index in [1.54, 1.807) is 6.07 Å². The minimum atomic E-state index is -0.422. The van der Waals surface area contributed by atoms with Gasteiger partial charge in [-0.15, -0.1) is 0 Å². The molecule has 3 heteroatoms. The van der Waals surface area contributed by atoms with E-state index in [2.05, 4.69) is 20.8 Å². The first kappa shape index (κ1) is 11.0. The molecular formula is C11H17NO2. The van der Waals surface area contributed by atoms with Crippen molar-refractivity contribution in [2.75, 3.05) is 6.61 Å². The van der Waals surface area contributed by atoms with Crippen molar-refractivity contribution in [1.82, 2.24) is 4.57 Å². The van der Waals surface area contributed by atoms with Crippen molar-refractivity contribution in [3.05, 3.63) is 24.0 Å². The summed E-state index contributed by atoms with van der Waals surface area (Å²) in [5.41, 5.74) is 0.714. The van der Waals surface area contributed by atoms with Crippen molar-refractivity contribution >= 4 is 5.78 Å². The Kier molecular flexibility index (Phi) is 3.11. The highest BCUT2D eigenvalue weighted by molar-refractivity contribution is 5.95. The molecule has 0 aromatic carbocycles. The third-order valence-electron chi connectivity index (χ3n) is 1.90. The van der Waals surface area contributed by atoms with Gasteiger partial charge in [0.25, 0.3) is 0 Å². The van der Waals surface area contributed by atoms with E-state index in [9.17, 15) is 4.79 Å². The van der Waals surface area contributed by atoms with Gasteiger partial charge in [-0.1, -0.05) is 20.8 Å². The van der Waals surface area contributed by atoms with Gasteiger partial charge in [-0.2, -0.15) is 0 Å². The molecule has 1 rings (SSSR count). The molecule has 0 aliphatic carbocycles. The molecule has 0 fully saturated rings. The lowest BCUT2D eigenvalue weighted by atomic mass is 9.97. The lowest BCUT2D eigenvalue weighted by Crippen LogP contribution is -2.19. The summed E-state index contributed by atoms with van der Waals surface area (Å²) in [5.74, 6) is -0.223.